The fraction of sp³-hybridized carbons (Fsp3) is 0.385. The number of anilines is 1. The van der Waals surface area contributed by atoms with Gasteiger partial charge >= 0.3 is 0 Å². The first-order chi connectivity index (χ1) is 8.84. The number of nitrogens with one attached hydrogen (secondary N) is 1. The highest BCUT2D eigenvalue weighted by Crippen LogP contribution is 2.12. The second kappa shape index (κ2) is 4.68. The number of likely N-dealkylation sites (tertiary alicyclic amines) is 1. The number of rotatable bonds is 3. The number of imidazole rings is 1. The Morgan fingerprint density at radius 3 is 3.00 bits per heavy atom. The molecule has 18 heavy (non-hydrogen) atoms. The molecular weight excluding hydrogens is 228 g/mol. The molecule has 1 aliphatic heterocycles. The van der Waals surface area contributed by atoms with Crippen molar-refractivity contribution in [3.05, 3.63) is 30.6 Å². The van der Waals surface area contributed by atoms with Crippen molar-refractivity contribution < 1.29 is 4.79 Å². The van der Waals surface area contributed by atoms with Gasteiger partial charge in [0.2, 0.25) is 5.91 Å². The standard InChI is InChI=1S/C13H16N4O/c18-13(16-7-1-2-8-16)10-15-12-5-3-4-11-14-6-9-17(11)12/h3-6,9,15H,1-2,7-8,10H2. The summed E-state index contributed by atoms with van der Waals surface area (Å²) >= 11 is 0. The van der Waals surface area contributed by atoms with E-state index in [1.165, 1.54) is 0 Å². The third kappa shape index (κ3) is 2.03. The summed E-state index contributed by atoms with van der Waals surface area (Å²) < 4.78 is 1.94. The van der Waals surface area contributed by atoms with Gasteiger partial charge in [-0.1, -0.05) is 6.07 Å². The van der Waals surface area contributed by atoms with Crippen molar-refractivity contribution in [2.24, 2.45) is 0 Å². The van der Waals surface area contributed by atoms with E-state index in [4.69, 9.17) is 0 Å². The molecule has 0 aromatic carbocycles. The zero-order chi connectivity index (χ0) is 12.4. The number of hydrogen-bond donors (Lipinski definition) is 1. The van der Waals surface area contributed by atoms with Gasteiger partial charge in [-0.3, -0.25) is 9.20 Å². The SMILES string of the molecule is O=C(CNc1cccc2nccn12)N1CCCC1. The van der Waals surface area contributed by atoms with Crippen LogP contribution in [0.15, 0.2) is 30.6 Å². The molecule has 1 saturated heterocycles. The largest absolute Gasteiger partial charge is 0.362 e. The van der Waals surface area contributed by atoms with Crippen LogP contribution in [0.5, 0.6) is 0 Å². The second-order valence-corrected chi connectivity index (χ2v) is 4.51. The van der Waals surface area contributed by atoms with Gasteiger partial charge in [0.05, 0.1) is 6.54 Å². The van der Waals surface area contributed by atoms with Crippen LogP contribution in [-0.4, -0.2) is 39.8 Å². The number of aromatic nitrogens is 2. The van der Waals surface area contributed by atoms with E-state index in [2.05, 4.69) is 10.3 Å². The number of fused-ring (bicyclic) bond motifs is 1. The van der Waals surface area contributed by atoms with E-state index in [1.54, 1.807) is 6.20 Å². The van der Waals surface area contributed by atoms with Gasteiger partial charge in [0.1, 0.15) is 11.5 Å². The summed E-state index contributed by atoms with van der Waals surface area (Å²) in [5.41, 5.74) is 0.883. The van der Waals surface area contributed by atoms with Crippen molar-refractivity contribution in [1.82, 2.24) is 14.3 Å². The first kappa shape index (κ1) is 11.1. The van der Waals surface area contributed by atoms with Crippen LogP contribution in [0.25, 0.3) is 5.65 Å². The Balaban J connectivity index is 1.69. The highest BCUT2D eigenvalue weighted by molar-refractivity contribution is 5.81. The van der Waals surface area contributed by atoms with Crippen molar-refractivity contribution in [2.75, 3.05) is 25.0 Å². The molecule has 3 heterocycles. The Morgan fingerprint density at radius 2 is 2.17 bits per heavy atom. The van der Waals surface area contributed by atoms with E-state index in [9.17, 15) is 4.79 Å². The predicted octanol–water partition coefficient (Wildman–Crippen LogP) is 1.37. The monoisotopic (exact) mass is 244 g/mol. The van der Waals surface area contributed by atoms with Gasteiger partial charge in [0.15, 0.2) is 0 Å². The molecule has 5 heteroatoms. The van der Waals surface area contributed by atoms with Gasteiger partial charge in [0.25, 0.3) is 0 Å². The summed E-state index contributed by atoms with van der Waals surface area (Å²) in [7, 11) is 0. The van der Waals surface area contributed by atoms with Gasteiger partial charge in [-0.15, -0.1) is 0 Å². The zero-order valence-electron chi connectivity index (χ0n) is 10.2. The summed E-state index contributed by atoms with van der Waals surface area (Å²) in [5.74, 6) is 1.07. The molecule has 0 saturated carbocycles. The van der Waals surface area contributed by atoms with Crippen molar-refractivity contribution in [1.29, 1.82) is 0 Å². The Kier molecular flexibility index (Phi) is 2.88. The average molecular weight is 244 g/mol. The van der Waals surface area contributed by atoms with E-state index < -0.39 is 0 Å². The molecule has 0 atom stereocenters. The molecule has 0 aliphatic carbocycles. The average Bonchev–Trinajstić information content (AvgIpc) is 3.05. The minimum absolute atomic E-state index is 0.171. The number of hydrogen-bond acceptors (Lipinski definition) is 3. The summed E-state index contributed by atoms with van der Waals surface area (Å²) in [6, 6.07) is 5.82. The smallest absolute Gasteiger partial charge is 0.241 e. The molecule has 94 valence electrons. The van der Waals surface area contributed by atoms with Crippen LogP contribution >= 0.6 is 0 Å². The lowest BCUT2D eigenvalue weighted by Gasteiger charge is -2.16. The lowest BCUT2D eigenvalue weighted by atomic mass is 10.4. The molecule has 0 spiro atoms. The van der Waals surface area contributed by atoms with Gasteiger partial charge in [0, 0.05) is 25.5 Å². The number of carbonyl (C=O) groups excluding carboxylic acids is 1. The van der Waals surface area contributed by atoms with Crippen LogP contribution in [0.4, 0.5) is 5.82 Å². The third-order valence-corrected chi connectivity index (χ3v) is 3.31. The molecule has 0 bridgehead atoms. The number of amides is 1. The molecule has 1 amide bonds. The molecule has 0 radical (unpaired) electrons. The minimum Gasteiger partial charge on any atom is -0.362 e. The van der Waals surface area contributed by atoms with Gasteiger partial charge < -0.3 is 10.2 Å². The summed E-state index contributed by atoms with van der Waals surface area (Å²) in [6.07, 6.45) is 5.90. The lowest BCUT2D eigenvalue weighted by molar-refractivity contribution is -0.128. The number of carbonyl (C=O) groups is 1. The second-order valence-electron chi connectivity index (χ2n) is 4.51. The highest BCUT2D eigenvalue weighted by atomic mass is 16.2. The Hall–Kier alpha value is -2.04. The number of pyridine rings is 1. The summed E-state index contributed by atoms with van der Waals surface area (Å²) in [4.78, 5) is 18.1. The summed E-state index contributed by atoms with van der Waals surface area (Å²) in [5, 5.41) is 3.18. The molecule has 1 N–H and O–H groups in total. The quantitative estimate of drug-likeness (QED) is 0.887. The summed E-state index contributed by atoms with van der Waals surface area (Å²) in [6.45, 7) is 2.14. The zero-order valence-corrected chi connectivity index (χ0v) is 10.2. The van der Waals surface area contributed by atoms with Crippen molar-refractivity contribution in [2.45, 2.75) is 12.8 Å². The van der Waals surface area contributed by atoms with Crippen LogP contribution in [0.3, 0.4) is 0 Å². The maximum absolute atomic E-state index is 11.9. The van der Waals surface area contributed by atoms with Crippen LogP contribution < -0.4 is 5.32 Å². The Morgan fingerprint density at radius 1 is 1.33 bits per heavy atom. The minimum atomic E-state index is 0.171. The van der Waals surface area contributed by atoms with Crippen molar-refractivity contribution in [3.63, 3.8) is 0 Å². The first-order valence-corrected chi connectivity index (χ1v) is 6.28. The normalized spacial score (nSPS) is 15.2. The van der Waals surface area contributed by atoms with Gasteiger partial charge in [-0.2, -0.15) is 0 Å². The Bertz CT molecular complexity index is 557. The third-order valence-electron chi connectivity index (χ3n) is 3.31. The molecule has 2 aromatic heterocycles. The topological polar surface area (TPSA) is 49.6 Å². The fourth-order valence-electron chi connectivity index (χ4n) is 2.34. The van der Waals surface area contributed by atoms with E-state index in [0.717, 1.165) is 37.4 Å². The van der Waals surface area contributed by atoms with E-state index >= 15 is 0 Å². The molecule has 5 nitrogen and oxygen atoms in total. The van der Waals surface area contributed by atoms with Gasteiger partial charge in [-0.25, -0.2) is 4.98 Å². The van der Waals surface area contributed by atoms with Crippen LogP contribution in [0.2, 0.25) is 0 Å². The fourth-order valence-corrected chi connectivity index (χ4v) is 2.34. The Labute approximate surface area is 105 Å². The molecule has 1 aliphatic rings. The maximum Gasteiger partial charge on any atom is 0.241 e. The van der Waals surface area contributed by atoms with Gasteiger partial charge in [-0.05, 0) is 25.0 Å². The molecular formula is C13H16N4O. The van der Waals surface area contributed by atoms with E-state index in [-0.39, 0.29) is 5.91 Å². The lowest BCUT2D eigenvalue weighted by Crippen LogP contribution is -2.33. The van der Waals surface area contributed by atoms with Crippen molar-refractivity contribution in [3.8, 4) is 0 Å². The molecule has 2 aromatic rings. The van der Waals surface area contributed by atoms with E-state index in [1.807, 2.05) is 33.7 Å². The van der Waals surface area contributed by atoms with Crippen molar-refractivity contribution >= 4 is 17.4 Å². The van der Waals surface area contributed by atoms with Crippen LogP contribution in [0, 0.1) is 0 Å². The highest BCUT2D eigenvalue weighted by Gasteiger charge is 2.17. The van der Waals surface area contributed by atoms with E-state index in [0.29, 0.717) is 6.54 Å². The number of nitrogens with zero attached hydrogens (tertiary/aromatic N) is 3. The molecule has 0 unspecified atom stereocenters. The molecule has 3 rings (SSSR count). The molecule has 1 fully saturated rings. The maximum atomic E-state index is 11.9. The van der Waals surface area contributed by atoms with Crippen LogP contribution in [0.1, 0.15) is 12.8 Å². The first-order valence-electron chi connectivity index (χ1n) is 6.28. The van der Waals surface area contributed by atoms with Crippen LogP contribution in [-0.2, 0) is 4.79 Å². The predicted molar refractivity (Wildman–Crippen MR) is 69.5 cm³/mol.